The molecule has 124 valence electrons. The van der Waals surface area contributed by atoms with E-state index in [0.29, 0.717) is 19.6 Å². The van der Waals surface area contributed by atoms with E-state index in [1.54, 1.807) is 21.9 Å². The summed E-state index contributed by atoms with van der Waals surface area (Å²) in [6, 6.07) is 13.9. The summed E-state index contributed by atoms with van der Waals surface area (Å²) in [5, 5.41) is 0. The molecule has 1 aliphatic heterocycles. The topological polar surface area (TPSA) is 73.5 Å². The van der Waals surface area contributed by atoms with Gasteiger partial charge < -0.3 is 14.8 Å². The standard InChI is InChI=1S/C18H19N3O3/c1-13(22)20-10-11-21(16(12-20)14-6-3-2-4-7-14)18(24)15-8-5-9-17(23)19-15/h2-9,16H,10-12H2,1H3,(H,19,23)/t16-/m0/s1. The third kappa shape index (κ3) is 3.22. The van der Waals surface area contributed by atoms with Gasteiger partial charge in [0.05, 0.1) is 6.04 Å². The fourth-order valence-corrected chi connectivity index (χ4v) is 3.00. The Kier molecular flexibility index (Phi) is 4.46. The summed E-state index contributed by atoms with van der Waals surface area (Å²) in [5.74, 6) is -0.235. The normalized spacial score (nSPS) is 17.6. The molecule has 6 heteroatoms. The molecule has 1 aliphatic rings. The first-order valence-electron chi connectivity index (χ1n) is 7.87. The molecule has 6 nitrogen and oxygen atoms in total. The molecule has 1 aromatic carbocycles. The minimum Gasteiger partial charge on any atom is -0.339 e. The molecule has 0 spiro atoms. The van der Waals surface area contributed by atoms with Crippen molar-refractivity contribution in [1.82, 2.24) is 14.8 Å². The van der Waals surface area contributed by atoms with Crippen LogP contribution in [0.1, 0.15) is 29.0 Å². The van der Waals surface area contributed by atoms with Gasteiger partial charge in [-0.15, -0.1) is 0 Å². The highest BCUT2D eigenvalue weighted by atomic mass is 16.2. The number of carbonyl (C=O) groups is 2. The highest BCUT2D eigenvalue weighted by Gasteiger charge is 2.33. The zero-order chi connectivity index (χ0) is 17.1. The number of hydrogen-bond donors (Lipinski definition) is 1. The summed E-state index contributed by atoms with van der Waals surface area (Å²) in [6.07, 6.45) is 0. The van der Waals surface area contributed by atoms with Crippen LogP contribution in [0.3, 0.4) is 0 Å². The van der Waals surface area contributed by atoms with Crippen molar-refractivity contribution in [1.29, 1.82) is 0 Å². The van der Waals surface area contributed by atoms with Gasteiger partial charge in [-0.25, -0.2) is 0 Å². The summed E-state index contributed by atoms with van der Waals surface area (Å²) < 4.78 is 0. The van der Waals surface area contributed by atoms with Crippen molar-refractivity contribution in [3.8, 4) is 0 Å². The van der Waals surface area contributed by atoms with Crippen LogP contribution < -0.4 is 5.56 Å². The second-order valence-corrected chi connectivity index (χ2v) is 5.82. The maximum atomic E-state index is 12.9. The fraction of sp³-hybridized carbons (Fsp3) is 0.278. The van der Waals surface area contributed by atoms with Crippen molar-refractivity contribution in [2.45, 2.75) is 13.0 Å². The van der Waals surface area contributed by atoms with Crippen LogP contribution in [0.4, 0.5) is 0 Å². The first-order chi connectivity index (χ1) is 11.6. The number of carbonyl (C=O) groups excluding carboxylic acids is 2. The molecular weight excluding hydrogens is 306 g/mol. The van der Waals surface area contributed by atoms with Crippen LogP contribution in [0.5, 0.6) is 0 Å². The number of nitrogens with zero attached hydrogens (tertiary/aromatic N) is 2. The predicted molar refractivity (Wildman–Crippen MR) is 89.5 cm³/mol. The van der Waals surface area contributed by atoms with Gasteiger partial charge in [-0.05, 0) is 11.6 Å². The third-order valence-electron chi connectivity index (χ3n) is 4.27. The van der Waals surface area contributed by atoms with Crippen LogP contribution in [0.25, 0.3) is 0 Å². The van der Waals surface area contributed by atoms with Crippen molar-refractivity contribution in [3.05, 3.63) is 70.1 Å². The quantitative estimate of drug-likeness (QED) is 0.907. The monoisotopic (exact) mass is 325 g/mol. The van der Waals surface area contributed by atoms with Gasteiger partial charge in [-0.3, -0.25) is 14.4 Å². The minimum atomic E-state index is -0.306. The Labute approximate surface area is 139 Å². The highest BCUT2D eigenvalue weighted by Crippen LogP contribution is 2.26. The molecule has 2 heterocycles. The van der Waals surface area contributed by atoms with Crippen LogP contribution in [0.2, 0.25) is 0 Å². The van der Waals surface area contributed by atoms with E-state index in [2.05, 4.69) is 4.98 Å². The van der Waals surface area contributed by atoms with Crippen molar-refractivity contribution < 1.29 is 9.59 Å². The SMILES string of the molecule is CC(=O)N1CCN(C(=O)c2cccc(=O)[nH]2)[C@H](c2ccccc2)C1. The second kappa shape index (κ2) is 6.70. The second-order valence-electron chi connectivity index (χ2n) is 5.82. The van der Waals surface area contributed by atoms with E-state index in [1.165, 1.54) is 13.0 Å². The molecule has 0 radical (unpaired) electrons. The predicted octanol–water partition coefficient (Wildman–Crippen LogP) is 1.42. The zero-order valence-corrected chi connectivity index (χ0v) is 13.4. The van der Waals surface area contributed by atoms with Crippen LogP contribution in [0.15, 0.2) is 53.3 Å². The van der Waals surface area contributed by atoms with Gasteiger partial charge in [0.2, 0.25) is 11.5 Å². The van der Waals surface area contributed by atoms with E-state index in [1.807, 2.05) is 30.3 Å². The molecule has 1 aromatic heterocycles. The van der Waals surface area contributed by atoms with Crippen molar-refractivity contribution in [2.24, 2.45) is 0 Å². The Morgan fingerprint density at radius 2 is 1.79 bits per heavy atom. The summed E-state index contributed by atoms with van der Waals surface area (Å²) in [6.45, 7) is 2.90. The van der Waals surface area contributed by atoms with Crippen LogP contribution in [-0.2, 0) is 4.79 Å². The molecule has 3 rings (SSSR count). The van der Waals surface area contributed by atoms with E-state index >= 15 is 0 Å². The number of pyridine rings is 1. The number of aromatic nitrogens is 1. The average molecular weight is 325 g/mol. The van der Waals surface area contributed by atoms with Gasteiger partial charge in [0.25, 0.3) is 5.91 Å². The van der Waals surface area contributed by atoms with Gasteiger partial charge in [0.1, 0.15) is 5.69 Å². The summed E-state index contributed by atoms with van der Waals surface area (Å²) in [5.41, 5.74) is 0.925. The lowest BCUT2D eigenvalue weighted by atomic mass is 10.0. The molecule has 24 heavy (non-hydrogen) atoms. The number of benzene rings is 1. The molecule has 1 atom stereocenters. The molecule has 0 saturated carbocycles. The van der Waals surface area contributed by atoms with E-state index in [4.69, 9.17) is 0 Å². The summed E-state index contributed by atoms with van der Waals surface area (Å²) in [4.78, 5) is 42.1. The van der Waals surface area contributed by atoms with Crippen molar-refractivity contribution in [3.63, 3.8) is 0 Å². The minimum absolute atomic E-state index is 0.00357. The lowest BCUT2D eigenvalue weighted by molar-refractivity contribution is -0.131. The first kappa shape index (κ1) is 16.0. The van der Waals surface area contributed by atoms with Crippen LogP contribution in [-0.4, -0.2) is 46.2 Å². The molecule has 2 amide bonds. The Morgan fingerprint density at radius 3 is 2.46 bits per heavy atom. The molecule has 0 unspecified atom stereocenters. The molecule has 0 bridgehead atoms. The van der Waals surface area contributed by atoms with Gasteiger partial charge >= 0.3 is 0 Å². The largest absolute Gasteiger partial charge is 0.339 e. The van der Waals surface area contributed by atoms with Crippen molar-refractivity contribution in [2.75, 3.05) is 19.6 Å². The smallest absolute Gasteiger partial charge is 0.271 e. The average Bonchev–Trinajstić information content (AvgIpc) is 2.61. The number of H-pyrrole nitrogens is 1. The lowest BCUT2D eigenvalue weighted by Crippen LogP contribution is -2.52. The molecule has 2 aromatic rings. The molecular formula is C18H19N3O3. The molecule has 0 aliphatic carbocycles. The maximum Gasteiger partial charge on any atom is 0.271 e. The third-order valence-corrected chi connectivity index (χ3v) is 4.27. The number of piperazine rings is 1. The van der Waals surface area contributed by atoms with Gasteiger partial charge in [-0.2, -0.15) is 0 Å². The number of amides is 2. The number of nitrogens with one attached hydrogen (secondary N) is 1. The summed E-state index contributed by atoms with van der Waals surface area (Å²) >= 11 is 0. The maximum absolute atomic E-state index is 12.9. The zero-order valence-electron chi connectivity index (χ0n) is 13.4. The van der Waals surface area contributed by atoms with E-state index in [-0.39, 0.29) is 29.1 Å². The Morgan fingerprint density at radius 1 is 1.04 bits per heavy atom. The van der Waals surface area contributed by atoms with E-state index < -0.39 is 0 Å². The van der Waals surface area contributed by atoms with Crippen LogP contribution in [0, 0.1) is 0 Å². The molecule has 1 fully saturated rings. The Balaban J connectivity index is 1.94. The van der Waals surface area contributed by atoms with Gasteiger partial charge in [0.15, 0.2) is 0 Å². The number of rotatable bonds is 2. The van der Waals surface area contributed by atoms with Crippen molar-refractivity contribution >= 4 is 11.8 Å². The Hall–Kier alpha value is -2.89. The summed E-state index contributed by atoms with van der Waals surface area (Å²) in [7, 11) is 0. The van der Waals surface area contributed by atoms with E-state index in [0.717, 1.165) is 5.56 Å². The fourth-order valence-electron chi connectivity index (χ4n) is 3.00. The lowest BCUT2D eigenvalue weighted by Gasteiger charge is -2.41. The first-order valence-corrected chi connectivity index (χ1v) is 7.87. The molecule has 1 N–H and O–H groups in total. The van der Waals surface area contributed by atoms with Gasteiger partial charge in [-0.1, -0.05) is 36.4 Å². The number of aromatic amines is 1. The highest BCUT2D eigenvalue weighted by molar-refractivity contribution is 5.92. The Bertz CT molecular complexity index is 800. The van der Waals surface area contributed by atoms with E-state index in [9.17, 15) is 14.4 Å². The number of hydrogen-bond acceptors (Lipinski definition) is 3. The van der Waals surface area contributed by atoms with Gasteiger partial charge in [0, 0.05) is 32.6 Å². The molecule has 1 saturated heterocycles. The van der Waals surface area contributed by atoms with Crippen LogP contribution >= 0.6 is 0 Å².